The van der Waals surface area contributed by atoms with Crippen LogP contribution < -0.4 is 15.5 Å². The molecule has 1 amide bonds. The standard InChI is InChI=1S/C15H19N3O3/c1-16-15(20)12-9-14(17-18(10-12)7-8-19)11-3-5-13(21-2)6-4-11/h3-6,9-10,17,19H,7-8H2,1-2H3,(H,16,20). The fourth-order valence-electron chi connectivity index (χ4n) is 2.00. The molecule has 1 aliphatic rings. The molecule has 0 radical (unpaired) electrons. The molecule has 0 aromatic heterocycles. The monoisotopic (exact) mass is 289 g/mol. The number of hydrazine groups is 1. The van der Waals surface area contributed by atoms with E-state index in [2.05, 4.69) is 10.7 Å². The van der Waals surface area contributed by atoms with Gasteiger partial charge in [-0.15, -0.1) is 0 Å². The van der Waals surface area contributed by atoms with E-state index in [1.165, 1.54) is 0 Å². The Kier molecular flexibility index (Phi) is 4.84. The second kappa shape index (κ2) is 6.81. The zero-order valence-electron chi connectivity index (χ0n) is 12.1. The summed E-state index contributed by atoms with van der Waals surface area (Å²) in [7, 11) is 3.20. The molecule has 0 spiro atoms. The Balaban J connectivity index is 2.29. The SMILES string of the molecule is CNC(=O)C1=CN(CCO)NC(c2ccc(OC)cc2)=C1. The predicted molar refractivity (Wildman–Crippen MR) is 80.0 cm³/mol. The van der Waals surface area contributed by atoms with Gasteiger partial charge >= 0.3 is 0 Å². The number of nitrogens with zero attached hydrogens (tertiary/aromatic N) is 1. The number of rotatable bonds is 5. The lowest BCUT2D eigenvalue weighted by Gasteiger charge is -2.28. The van der Waals surface area contributed by atoms with Crippen LogP contribution in [0.2, 0.25) is 0 Å². The lowest BCUT2D eigenvalue weighted by molar-refractivity contribution is -0.116. The van der Waals surface area contributed by atoms with E-state index in [0.717, 1.165) is 17.0 Å². The van der Waals surface area contributed by atoms with Gasteiger partial charge in [0.2, 0.25) is 0 Å². The number of nitrogens with one attached hydrogen (secondary N) is 2. The number of benzene rings is 1. The third-order valence-electron chi connectivity index (χ3n) is 3.09. The van der Waals surface area contributed by atoms with Gasteiger partial charge in [-0.05, 0) is 35.9 Å². The first-order valence-corrected chi connectivity index (χ1v) is 6.62. The number of aliphatic hydroxyl groups excluding tert-OH is 1. The zero-order chi connectivity index (χ0) is 15.2. The highest BCUT2D eigenvalue weighted by atomic mass is 16.5. The Morgan fingerprint density at radius 3 is 2.67 bits per heavy atom. The molecule has 0 saturated heterocycles. The summed E-state index contributed by atoms with van der Waals surface area (Å²) in [6.07, 6.45) is 3.44. The van der Waals surface area contributed by atoms with Crippen LogP contribution in [0.15, 0.2) is 42.1 Å². The first-order valence-electron chi connectivity index (χ1n) is 6.62. The fourth-order valence-corrected chi connectivity index (χ4v) is 2.00. The van der Waals surface area contributed by atoms with Crippen molar-refractivity contribution < 1.29 is 14.6 Å². The third-order valence-corrected chi connectivity index (χ3v) is 3.09. The topological polar surface area (TPSA) is 73.8 Å². The van der Waals surface area contributed by atoms with Crippen molar-refractivity contribution in [1.82, 2.24) is 15.8 Å². The van der Waals surface area contributed by atoms with Gasteiger partial charge < -0.3 is 15.2 Å². The molecule has 1 heterocycles. The minimum absolute atomic E-state index is 0.0135. The summed E-state index contributed by atoms with van der Waals surface area (Å²) in [5, 5.41) is 13.4. The summed E-state index contributed by atoms with van der Waals surface area (Å²) in [5.41, 5.74) is 5.39. The summed E-state index contributed by atoms with van der Waals surface area (Å²) < 4.78 is 5.13. The lowest BCUT2D eigenvalue weighted by Crippen LogP contribution is -2.38. The molecule has 1 aromatic rings. The van der Waals surface area contributed by atoms with Crippen LogP contribution in [0.3, 0.4) is 0 Å². The third kappa shape index (κ3) is 3.55. The van der Waals surface area contributed by atoms with Crippen molar-refractivity contribution in [3.05, 3.63) is 47.7 Å². The van der Waals surface area contributed by atoms with Crippen molar-refractivity contribution in [3.63, 3.8) is 0 Å². The van der Waals surface area contributed by atoms with E-state index in [9.17, 15) is 4.79 Å². The molecule has 1 aliphatic heterocycles. The van der Waals surface area contributed by atoms with Gasteiger partial charge in [-0.2, -0.15) is 0 Å². The maximum Gasteiger partial charge on any atom is 0.252 e. The summed E-state index contributed by atoms with van der Waals surface area (Å²) in [5.74, 6) is 0.592. The second-order valence-corrected chi connectivity index (χ2v) is 4.48. The number of amides is 1. The summed E-state index contributed by atoms with van der Waals surface area (Å²) >= 11 is 0. The Labute approximate surface area is 123 Å². The van der Waals surface area contributed by atoms with Crippen LogP contribution in [0, 0.1) is 0 Å². The molecule has 0 aliphatic carbocycles. The predicted octanol–water partition coefficient (Wildman–Crippen LogP) is 0.479. The van der Waals surface area contributed by atoms with E-state index in [4.69, 9.17) is 9.84 Å². The summed E-state index contributed by atoms with van der Waals surface area (Å²) in [4.78, 5) is 11.8. The quantitative estimate of drug-likeness (QED) is 0.735. The van der Waals surface area contributed by atoms with Gasteiger partial charge in [0.25, 0.3) is 5.91 Å². The Morgan fingerprint density at radius 2 is 2.10 bits per heavy atom. The Hall–Kier alpha value is -2.47. The van der Waals surface area contributed by atoms with Crippen molar-refractivity contribution in [2.24, 2.45) is 0 Å². The number of carbonyl (C=O) groups excluding carboxylic acids is 1. The molecule has 0 fully saturated rings. The van der Waals surface area contributed by atoms with Crippen LogP contribution in [0.1, 0.15) is 5.56 Å². The van der Waals surface area contributed by atoms with Crippen LogP contribution in [0.4, 0.5) is 0 Å². The van der Waals surface area contributed by atoms with Gasteiger partial charge in [0.05, 0.1) is 31.5 Å². The van der Waals surface area contributed by atoms with Crippen molar-refractivity contribution in [1.29, 1.82) is 0 Å². The average Bonchev–Trinajstić information content (AvgIpc) is 2.54. The molecule has 112 valence electrons. The van der Waals surface area contributed by atoms with Crippen molar-refractivity contribution >= 4 is 11.6 Å². The molecular formula is C15H19N3O3. The van der Waals surface area contributed by atoms with Gasteiger partial charge in [0.15, 0.2) is 0 Å². The van der Waals surface area contributed by atoms with Crippen LogP contribution in [0.5, 0.6) is 5.75 Å². The molecule has 0 unspecified atom stereocenters. The maximum absolute atomic E-state index is 11.8. The summed E-state index contributed by atoms with van der Waals surface area (Å²) in [6.45, 7) is 0.369. The highest BCUT2D eigenvalue weighted by molar-refractivity contribution is 5.98. The molecule has 0 saturated carbocycles. The molecule has 1 aromatic carbocycles. The smallest absolute Gasteiger partial charge is 0.252 e. The molecule has 21 heavy (non-hydrogen) atoms. The fraction of sp³-hybridized carbons (Fsp3) is 0.267. The van der Waals surface area contributed by atoms with Crippen molar-refractivity contribution in [3.8, 4) is 5.75 Å². The molecular weight excluding hydrogens is 270 g/mol. The van der Waals surface area contributed by atoms with Crippen LogP contribution in [0.25, 0.3) is 5.70 Å². The number of likely N-dealkylation sites (N-methyl/N-ethyl adjacent to an activating group) is 1. The number of carbonyl (C=O) groups is 1. The first-order chi connectivity index (χ1) is 10.2. The van der Waals surface area contributed by atoms with Crippen LogP contribution >= 0.6 is 0 Å². The van der Waals surface area contributed by atoms with Gasteiger partial charge in [-0.1, -0.05) is 0 Å². The number of β-amino-alcohol motifs (C(OH)–C–C–N with tert-alkyl or cyclic N) is 1. The van der Waals surface area contributed by atoms with E-state index >= 15 is 0 Å². The minimum atomic E-state index is -0.176. The van der Waals surface area contributed by atoms with Crippen molar-refractivity contribution in [2.75, 3.05) is 27.3 Å². The Bertz CT molecular complexity index is 564. The largest absolute Gasteiger partial charge is 0.497 e. The number of methoxy groups -OCH3 is 1. The normalized spacial score (nSPS) is 14.0. The highest BCUT2D eigenvalue weighted by Crippen LogP contribution is 2.21. The molecule has 2 rings (SSSR count). The van der Waals surface area contributed by atoms with E-state index in [0.29, 0.717) is 12.1 Å². The molecule has 0 bridgehead atoms. The molecule has 3 N–H and O–H groups in total. The number of aliphatic hydroxyl groups is 1. The van der Waals surface area contributed by atoms with Gasteiger partial charge in [0, 0.05) is 13.2 Å². The number of ether oxygens (including phenoxy) is 1. The lowest BCUT2D eigenvalue weighted by atomic mass is 10.1. The van der Waals surface area contributed by atoms with E-state index in [1.807, 2.05) is 24.3 Å². The zero-order valence-corrected chi connectivity index (χ0v) is 12.1. The van der Waals surface area contributed by atoms with Crippen LogP contribution in [-0.2, 0) is 4.79 Å². The second-order valence-electron chi connectivity index (χ2n) is 4.48. The van der Waals surface area contributed by atoms with Gasteiger partial charge in [-0.3, -0.25) is 15.2 Å². The number of hydrogen-bond donors (Lipinski definition) is 3. The highest BCUT2D eigenvalue weighted by Gasteiger charge is 2.16. The van der Waals surface area contributed by atoms with E-state index in [1.54, 1.807) is 31.4 Å². The maximum atomic E-state index is 11.8. The van der Waals surface area contributed by atoms with Gasteiger partial charge in [0.1, 0.15) is 5.75 Å². The van der Waals surface area contributed by atoms with E-state index < -0.39 is 0 Å². The molecule has 6 nitrogen and oxygen atoms in total. The molecule has 0 atom stereocenters. The Morgan fingerprint density at radius 1 is 1.38 bits per heavy atom. The van der Waals surface area contributed by atoms with E-state index in [-0.39, 0.29) is 12.5 Å². The minimum Gasteiger partial charge on any atom is -0.497 e. The van der Waals surface area contributed by atoms with Crippen molar-refractivity contribution in [2.45, 2.75) is 0 Å². The van der Waals surface area contributed by atoms with Crippen LogP contribution in [-0.4, -0.2) is 43.3 Å². The summed E-state index contributed by atoms with van der Waals surface area (Å²) in [6, 6.07) is 7.52. The van der Waals surface area contributed by atoms with Gasteiger partial charge in [-0.25, -0.2) is 0 Å². The first kappa shape index (κ1) is 14.9. The number of hydrogen-bond acceptors (Lipinski definition) is 5. The molecule has 6 heteroatoms. The average molecular weight is 289 g/mol.